The molecule has 0 bridgehead atoms. The van der Waals surface area contributed by atoms with Crippen LogP contribution in [0.15, 0.2) is 66.7 Å². The maximum absolute atomic E-state index is 14.0. The van der Waals surface area contributed by atoms with E-state index in [0.717, 1.165) is 10.4 Å². The molecule has 0 atom stereocenters. The van der Waals surface area contributed by atoms with Crippen LogP contribution < -0.4 is 5.32 Å². The number of nitrogens with zero attached hydrogens (tertiary/aromatic N) is 2. The third kappa shape index (κ3) is 6.65. The van der Waals surface area contributed by atoms with E-state index in [2.05, 4.69) is 5.32 Å². The highest BCUT2D eigenvalue weighted by molar-refractivity contribution is 7.11. The highest BCUT2D eigenvalue weighted by Crippen LogP contribution is 2.19. The zero-order valence-electron chi connectivity index (χ0n) is 18.4. The number of halogens is 1. The monoisotopic (exact) mass is 453 g/mol. The zero-order valence-corrected chi connectivity index (χ0v) is 19.2. The molecule has 1 aromatic heterocycles. The second kappa shape index (κ2) is 11.4. The fourth-order valence-corrected chi connectivity index (χ4v) is 4.24. The zero-order chi connectivity index (χ0) is 22.9. The van der Waals surface area contributed by atoms with E-state index in [0.29, 0.717) is 26.1 Å². The number of carbonyl (C=O) groups is 2. The molecule has 0 unspecified atom stereocenters. The molecule has 0 aliphatic carbocycles. The summed E-state index contributed by atoms with van der Waals surface area (Å²) in [5, 5.41) is 2.59. The quantitative estimate of drug-likeness (QED) is 0.454. The average Bonchev–Trinajstić information content (AvgIpc) is 3.19. The summed E-state index contributed by atoms with van der Waals surface area (Å²) in [5.41, 5.74) is 1.12. The van der Waals surface area contributed by atoms with Gasteiger partial charge in [-0.15, -0.1) is 11.3 Å². The number of carbonyl (C=O) groups excluding carboxylic acids is 2. The summed E-state index contributed by atoms with van der Waals surface area (Å²) < 4.78 is 14.0. The van der Waals surface area contributed by atoms with Crippen LogP contribution in [-0.2, 0) is 17.9 Å². The molecule has 168 valence electrons. The lowest BCUT2D eigenvalue weighted by atomic mass is 10.2. The van der Waals surface area contributed by atoms with E-state index >= 15 is 0 Å². The number of hydrogen-bond donors (Lipinski definition) is 1. The van der Waals surface area contributed by atoms with E-state index in [1.165, 1.54) is 21.9 Å². The van der Waals surface area contributed by atoms with Gasteiger partial charge in [0.25, 0.3) is 0 Å². The van der Waals surface area contributed by atoms with Crippen molar-refractivity contribution >= 4 is 29.0 Å². The predicted molar refractivity (Wildman–Crippen MR) is 127 cm³/mol. The van der Waals surface area contributed by atoms with Crippen molar-refractivity contribution in [2.24, 2.45) is 0 Å². The van der Waals surface area contributed by atoms with Gasteiger partial charge in [0.2, 0.25) is 5.91 Å². The lowest BCUT2D eigenvalue weighted by Gasteiger charge is -2.27. The molecule has 0 fully saturated rings. The van der Waals surface area contributed by atoms with Crippen molar-refractivity contribution in [1.29, 1.82) is 0 Å². The summed E-state index contributed by atoms with van der Waals surface area (Å²) in [6, 6.07) is 19.4. The number of anilines is 1. The Morgan fingerprint density at radius 1 is 0.938 bits per heavy atom. The fourth-order valence-electron chi connectivity index (χ4n) is 3.34. The molecule has 1 N–H and O–H groups in total. The Morgan fingerprint density at radius 3 is 2.31 bits per heavy atom. The minimum atomic E-state index is -0.512. The highest BCUT2D eigenvalue weighted by atomic mass is 32.1. The number of nitrogens with one attached hydrogen (secondary N) is 1. The number of benzene rings is 2. The highest BCUT2D eigenvalue weighted by Gasteiger charge is 2.22. The normalized spacial score (nSPS) is 10.6. The van der Waals surface area contributed by atoms with Crippen LogP contribution in [0.2, 0.25) is 0 Å². The third-order valence-corrected chi connectivity index (χ3v) is 5.92. The smallest absolute Gasteiger partial charge is 0.322 e. The summed E-state index contributed by atoms with van der Waals surface area (Å²) in [5.74, 6) is -0.667. The number of urea groups is 1. The number of thiophene rings is 1. The van der Waals surface area contributed by atoms with Gasteiger partial charge in [-0.1, -0.05) is 49.4 Å². The first-order valence-electron chi connectivity index (χ1n) is 10.6. The molecule has 0 aliphatic heterocycles. The summed E-state index contributed by atoms with van der Waals surface area (Å²) in [7, 11) is 0. The molecule has 0 saturated carbocycles. The lowest BCUT2D eigenvalue weighted by molar-refractivity contribution is -0.133. The number of rotatable bonds is 9. The van der Waals surface area contributed by atoms with Crippen LogP contribution in [0.5, 0.6) is 0 Å². The number of amides is 3. The first-order chi connectivity index (χ1) is 15.5. The molecule has 0 radical (unpaired) electrons. The van der Waals surface area contributed by atoms with Crippen molar-refractivity contribution in [3.63, 3.8) is 0 Å². The molecule has 0 aliphatic rings. The van der Waals surface area contributed by atoms with Crippen molar-refractivity contribution < 1.29 is 14.0 Å². The van der Waals surface area contributed by atoms with Gasteiger partial charge in [0.15, 0.2) is 0 Å². The Labute approximate surface area is 192 Å². The van der Waals surface area contributed by atoms with Gasteiger partial charge < -0.3 is 15.1 Å². The maximum Gasteiger partial charge on any atom is 0.322 e. The molecule has 1 heterocycles. The van der Waals surface area contributed by atoms with Crippen LogP contribution >= 0.6 is 11.3 Å². The summed E-state index contributed by atoms with van der Waals surface area (Å²) in [6.07, 6.45) is 0.681. The summed E-state index contributed by atoms with van der Waals surface area (Å²) >= 11 is 1.65. The molecule has 32 heavy (non-hydrogen) atoms. The van der Waals surface area contributed by atoms with E-state index in [1.807, 2.05) is 56.3 Å². The van der Waals surface area contributed by atoms with Gasteiger partial charge in [-0.05, 0) is 43.2 Å². The summed E-state index contributed by atoms with van der Waals surface area (Å²) in [4.78, 5) is 31.6. The van der Waals surface area contributed by atoms with Crippen molar-refractivity contribution in [2.75, 3.05) is 18.4 Å². The van der Waals surface area contributed by atoms with E-state index in [4.69, 9.17) is 0 Å². The largest absolute Gasteiger partial charge is 0.332 e. The van der Waals surface area contributed by atoms with Gasteiger partial charge in [0.05, 0.1) is 12.2 Å². The lowest BCUT2D eigenvalue weighted by Crippen LogP contribution is -2.44. The van der Waals surface area contributed by atoms with Crippen LogP contribution in [0.4, 0.5) is 14.9 Å². The molecule has 3 aromatic rings. The van der Waals surface area contributed by atoms with E-state index < -0.39 is 11.8 Å². The number of hydrogen-bond acceptors (Lipinski definition) is 3. The molecule has 2 aromatic carbocycles. The van der Waals surface area contributed by atoms with Crippen molar-refractivity contribution in [1.82, 2.24) is 9.80 Å². The first kappa shape index (κ1) is 23.5. The van der Waals surface area contributed by atoms with Crippen molar-refractivity contribution in [3.05, 3.63) is 87.9 Å². The van der Waals surface area contributed by atoms with Crippen LogP contribution in [0, 0.1) is 12.7 Å². The standard InChI is InChI=1S/C25H28FN3O2S/c1-3-15-28(25(31)27-23-12-8-7-11-22(23)26)18-24(30)29(16-20-9-5-4-6-10-20)17-21-14-13-19(2)32-21/h4-14H,3,15-18H2,1-2H3,(H,27,31). The second-order valence-electron chi connectivity index (χ2n) is 7.58. The molecule has 0 spiro atoms. The third-order valence-electron chi connectivity index (χ3n) is 4.93. The Bertz CT molecular complexity index is 1040. The van der Waals surface area contributed by atoms with Crippen LogP contribution in [0.25, 0.3) is 0 Å². The fraction of sp³-hybridized carbons (Fsp3) is 0.280. The van der Waals surface area contributed by atoms with E-state index in [9.17, 15) is 14.0 Å². The van der Waals surface area contributed by atoms with Crippen LogP contribution in [0.1, 0.15) is 28.7 Å². The molecule has 3 amide bonds. The van der Waals surface area contributed by atoms with Gasteiger partial charge in [-0.3, -0.25) is 4.79 Å². The molecular formula is C25H28FN3O2S. The van der Waals surface area contributed by atoms with E-state index in [1.54, 1.807) is 28.4 Å². The number of para-hydroxylation sites is 1. The number of aryl methyl sites for hydroxylation is 1. The summed E-state index contributed by atoms with van der Waals surface area (Å²) in [6.45, 7) is 5.21. The van der Waals surface area contributed by atoms with Gasteiger partial charge in [0, 0.05) is 22.8 Å². The molecule has 7 heteroatoms. The molecular weight excluding hydrogens is 425 g/mol. The Morgan fingerprint density at radius 2 is 1.66 bits per heavy atom. The van der Waals surface area contributed by atoms with Gasteiger partial charge in [-0.2, -0.15) is 0 Å². The Kier molecular flexibility index (Phi) is 8.39. The second-order valence-corrected chi connectivity index (χ2v) is 8.95. The minimum absolute atomic E-state index is 0.0781. The van der Waals surface area contributed by atoms with Gasteiger partial charge in [-0.25, -0.2) is 9.18 Å². The molecule has 3 rings (SSSR count). The average molecular weight is 454 g/mol. The topological polar surface area (TPSA) is 52.7 Å². The SMILES string of the molecule is CCCN(CC(=O)N(Cc1ccccc1)Cc1ccc(C)s1)C(=O)Nc1ccccc1F. The van der Waals surface area contributed by atoms with Gasteiger partial charge in [0.1, 0.15) is 12.4 Å². The molecule has 5 nitrogen and oxygen atoms in total. The Balaban J connectivity index is 1.74. The Hall–Kier alpha value is -3.19. The molecule has 0 saturated heterocycles. The maximum atomic E-state index is 14.0. The van der Waals surface area contributed by atoms with Crippen molar-refractivity contribution in [3.8, 4) is 0 Å². The van der Waals surface area contributed by atoms with Crippen molar-refractivity contribution in [2.45, 2.75) is 33.4 Å². The minimum Gasteiger partial charge on any atom is -0.332 e. The van der Waals surface area contributed by atoms with Crippen LogP contribution in [0.3, 0.4) is 0 Å². The van der Waals surface area contributed by atoms with Gasteiger partial charge >= 0.3 is 6.03 Å². The first-order valence-corrected chi connectivity index (χ1v) is 11.5. The van der Waals surface area contributed by atoms with E-state index in [-0.39, 0.29) is 18.1 Å². The predicted octanol–water partition coefficient (Wildman–Crippen LogP) is 5.67. The van der Waals surface area contributed by atoms with Crippen LogP contribution in [-0.4, -0.2) is 34.8 Å².